The first-order valence-electron chi connectivity index (χ1n) is 7.83. The van der Waals surface area contributed by atoms with Crippen LogP contribution in [0.15, 0.2) is 35.0 Å². The lowest BCUT2D eigenvalue weighted by molar-refractivity contribution is 0.0951. The minimum Gasteiger partial charge on any atom is -0.493 e. The Bertz CT molecular complexity index is 648. The second kappa shape index (κ2) is 7.62. The molecule has 1 aromatic heterocycles. The second-order valence-corrected chi connectivity index (χ2v) is 6.63. The van der Waals surface area contributed by atoms with Crippen LogP contribution >= 0.6 is 11.3 Å². The van der Waals surface area contributed by atoms with Crippen molar-refractivity contribution in [2.45, 2.75) is 19.9 Å². The van der Waals surface area contributed by atoms with E-state index in [0.29, 0.717) is 24.6 Å². The van der Waals surface area contributed by atoms with E-state index in [1.54, 1.807) is 0 Å². The maximum atomic E-state index is 12.1. The summed E-state index contributed by atoms with van der Waals surface area (Å²) in [5, 5.41) is 6.70. The number of carbonyl (C=O) groups excluding carboxylic acids is 1. The Kier molecular flexibility index (Phi) is 5.31. The number of thiophene rings is 1. The van der Waals surface area contributed by atoms with Gasteiger partial charge in [0.15, 0.2) is 0 Å². The van der Waals surface area contributed by atoms with E-state index in [9.17, 15) is 4.79 Å². The van der Waals surface area contributed by atoms with Gasteiger partial charge < -0.3 is 14.8 Å². The number of nitrogens with one attached hydrogen (secondary N) is 1. The van der Waals surface area contributed by atoms with E-state index in [-0.39, 0.29) is 5.91 Å². The van der Waals surface area contributed by atoms with Crippen LogP contribution in [0.25, 0.3) is 0 Å². The molecular formula is C18H21NO3S. The fraction of sp³-hybridized carbons (Fsp3) is 0.389. The largest absolute Gasteiger partial charge is 0.493 e. The molecule has 0 aliphatic carbocycles. The van der Waals surface area contributed by atoms with Gasteiger partial charge in [-0.1, -0.05) is 12.1 Å². The van der Waals surface area contributed by atoms with Crippen molar-refractivity contribution in [3.63, 3.8) is 0 Å². The number of benzene rings is 1. The van der Waals surface area contributed by atoms with Gasteiger partial charge in [0.25, 0.3) is 5.91 Å². The Balaban J connectivity index is 1.62. The summed E-state index contributed by atoms with van der Waals surface area (Å²) in [6.07, 6.45) is 1.05. The zero-order chi connectivity index (χ0) is 16.1. The van der Waals surface area contributed by atoms with Crippen LogP contribution in [0.4, 0.5) is 0 Å². The average molecular weight is 331 g/mol. The van der Waals surface area contributed by atoms with Gasteiger partial charge >= 0.3 is 0 Å². The molecule has 2 aromatic rings. The highest BCUT2D eigenvalue weighted by Crippen LogP contribution is 2.23. The molecule has 1 saturated heterocycles. The van der Waals surface area contributed by atoms with Gasteiger partial charge in [0.2, 0.25) is 0 Å². The van der Waals surface area contributed by atoms with Crippen molar-refractivity contribution < 1.29 is 14.3 Å². The quantitative estimate of drug-likeness (QED) is 0.882. The molecule has 4 nitrogen and oxygen atoms in total. The van der Waals surface area contributed by atoms with Gasteiger partial charge in [-0.05, 0) is 36.4 Å². The van der Waals surface area contributed by atoms with Gasteiger partial charge in [0, 0.05) is 35.6 Å². The lowest BCUT2D eigenvalue weighted by atomic mass is 10.1. The maximum absolute atomic E-state index is 12.1. The third-order valence-electron chi connectivity index (χ3n) is 3.94. The molecule has 0 spiro atoms. The van der Waals surface area contributed by atoms with Crippen LogP contribution in [0.2, 0.25) is 0 Å². The Morgan fingerprint density at radius 2 is 2.35 bits per heavy atom. The molecule has 3 rings (SSSR count). The SMILES string of the molecule is Cc1ccc(CNC(=O)c2ccsc2)c(OC[C@@H]2CCOC2)c1. The van der Waals surface area contributed by atoms with Gasteiger partial charge in [0.05, 0.1) is 13.2 Å². The van der Waals surface area contributed by atoms with Crippen LogP contribution in [0.3, 0.4) is 0 Å². The molecular weight excluding hydrogens is 310 g/mol. The highest BCUT2D eigenvalue weighted by Gasteiger charge is 2.17. The fourth-order valence-corrected chi connectivity index (χ4v) is 3.17. The highest BCUT2D eigenvalue weighted by atomic mass is 32.1. The van der Waals surface area contributed by atoms with Crippen molar-refractivity contribution in [1.29, 1.82) is 0 Å². The number of aryl methyl sites for hydroxylation is 1. The van der Waals surface area contributed by atoms with Gasteiger partial charge in [-0.15, -0.1) is 0 Å². The zero-order valence-corrected chi connectivity index (χ0v) is 14.0. The summed E-state index contributed by atoms with van der Waals surface area (Å²) >= 11 is 1.52. The van der Waals surface area contributed by atoms with Gasteiger partial charge in [-0.3, -0.25) is 4.79 Å². The Hall–Kier alpha value is -1.85. The molecule has 1 fully saturated rings. The molecule has 23 heavy (non-hydrogen) atoms. The highest BCUT2D eigenvalue weighted by molar-refractivity contribution is 7.08. The maximum Gasteiger partial charge on any atom is 0.252 e. The molecule has 0 saturated carbocycles. The molecule has 122 valence electrons. The molecule has 1 amide bonds. The van der Waals surface area contributed by atoms with E-state index >= 15 is 0 Å². The molecule has 0 unspecified atom stereocenters. The van der Waals surface area contributed by atoms with Crippen LogP contribution in [0, 0.1) is 12.8 Å². The van der Waals surface area contributed by atoms with Crippen LogP contribution in [-0.4, -0.2) is 25.7 Å². The van der Waals surface area contributed by atoms with E-state index in [1.165, 1.54) is 11.3 Å². The summed E-state index contributed by atoms with van der Waals surface area (Å²) < 4.78 is 11.4. The molecule has 1 aromatic carbocycles. The lowest BCUT2D eigenvalue weighted by Crippen LogP contribution is -2.23. The smallest absolute Gasteiger partial charge is 0.252 e. The van der Waals surface area contributed by atoms with Crippen molar-refractivity contribution in [1.82, 2.24) is 5.32 Å². The molecule has 1 atom stereocenters. The van der Waals surface area contributed by atoms with Crippen LogP contribution in [-0.2, 0) is 11.3 Å². The Morgan fingerprint density at radius 1 is 1.43 bits per heavy atom. The van der Waals surface area contributed by atoms with Crippen LogP contribution in [0.1, 0.15) is 27.9 Å². The first kappa shape index (κ1) is 16.0. The van der Waals surface area contributed by atoms with Gasteiger partial charge in [0.1, 0.15) is 5.75 Å². The van der Waals surface area contributed by atoms with E-state index in [1.807, 2.05) is 41.9 Å². The molecule has 5 heteroatoms. The lowest BCUT2D eigenvalue weighted by Gasteiger charge is -2.15. The Labute approximate surface area is 140 Å². The molecule has 0 radical (unpaired) electrons. The molecule has 0 bridgehead atoms. The average Bonchev–Trinajstić information content (AvgIpc) is 3.25. The van der Waals surface area contributed by atoms with Crippen LogP contribution in [0.5, 0.6) is 5.75 Å². The number of ether oxygens (including phenoxy) is 2. The van der Waals surface area contributed by atoms with Crippen LogP contribution < -0.4 is 10.1 Å². The molecule has 1 N–H and O–H groups in total. The number of carbonyl (C=O) groups is 1. The minimum atomic E-state index is -0.0537. The zero-order valence-electron chi connectivity index (χ0n) is 13.2. The number of hydrogen-bond acceptors (Lipinski definition) is 4. The first-order chi connectivity index (χ1) is 11.2. The summed E-state index contributed by atoms with van der Waals surface area (Å²) in [6, 6.07) is 7.91. The summed E-state index contributed by atoms with van der Waals surface area (Å²) in [7, 11) is 0. The van der Waals surface area contributed by atoms with E-state index in [2.05, 4.69) is 5.32 Å². The van der Waals surface area contributed by atoms with Crippen molar-refractivity contribution in [2.24, 2.45) is 5.92 Å². The fourth-order valence-electron chi connectivity index (χ4n) is 2.54. The first-order valence-corrected chi connectivity index (χ1v) is 8.77. The molecule has 2 heterocycles. The number of amides is 1. The van der Waals surface area contributed by atoms with E-state index < -0.39 is 0 Å². The second-order valence-electron chi connectivity index (χ2n) is 5.85. The summed E-state index contributed by atoms with van der Waals surface area (Å²) in [6.45, 7) is 4.76. The third kappa shape index (κ3) is 4.33. The summed E-state index contributed by atoms with van der Waals surface area (Å²) in [5.41, 5.74) is 2.85. The molecule has 1 aliphatic rings. The minimum absolute atomic E-state index is 0.0537. The predicted molar refractivity (Wildman–Crippen MR) is 91.1 cm³/mol. The number of hydrogen-bond donors (Lipinski definition) is 1. The Morgan fingerprint density at radius 3 is 3.09 bits per heavy atom. The van der Waals surface area contributed by atoms with E-state index in [4.69, 9.17) is 9.47 Å². The topological polar surface area (TPSA) is 47.6 Å². The third-order valence-corrected chi connectivity index (χ3v) is 4.63. The predicted octanol–water partition coefficient (Wildman–Crippen LogP) is 3.40. The normalized spacial score (nSPS) is 17.2. The van der Waals surface area contributed by atoms with Crippen molar-refractivity contribution in [2.75, 3.05) is 19.8 Å². The van der Waals surface area contributed by atoms with Crippen molar-refractivity contribution in [3.8, 4) is 5.75 Å². The standard InChI is InChI=1S/C18H21NO3S/c1-13-2-3-15(9-19-18(20)16-5-7-23-12-16)17(8-13)22-11-14-4-6-21-10-14/h2-3,5,7-8,12,14H,4,6,9-11H2,1H3,(H,19,20)/t14-/m1/s1. The van der Waals surface area contributed by atoms with Crippen molar-refractivity contribution in [3.05, 3.63) is 51.7 Å². The summed E-state index contributed by atoms with van der Waals surface area (Å²) in [4.78, 5) is 12.1. The van der Waals surface area contributed by atoms with Gasteiger partial charge in [-0.25, -0.2) is 0 Å². The monoisotopic (exact) mass is 331 g/mol. The van der Waals surface area contributed by atoms with Gasteiger partial charge in [-0.2, -0.15) is 11.3 Å². The molecule has 1 aliphatic heterocycles. The number of rotatable bonds is 6. The van der Waals surface area contributed by atoms with Crippen molar-refractivity contribution >= 4 is 17.2 Å². The van der Waals surface area contributed by atoms with E-state index in [0.717, 1.165) is 36.5 Å². The summed E-state index contributed by atoms with van der Waals surface area (Å²) in [5.74, 6) is 1.26.